The Balaban J connectivity index is 1.59. The predicted molar refractivity (Wildman–Crippen MR) is 160 cm³/mol. The van der Waals surface area contributed by atoms with Crippen LogP contribution in [0.15, 0.2) is 93.7 Å². The maximum Gasteiger partial charge on any atom is 0.255 e. The zero-order valence-electron chi connectivity index (χ0n) is 22.1. The molecule has 0 radical (unpaired) electrons. The van der Waals surface area contributed by atoms with Crippen molar-refractivity contribution in [3.63, 3.8) is 0 Å². The Hall–Kier alpha value is -3.56. The molecule has 0 saturated carbocycles. The number of halogens is 1. The van der Waals surface area contributed by atoms with Gasteiger partial charge in [0, 0.05) is 27.2 Å². The number of aryl methyl sites for hydroxylation is 1. The van der Waals surface area contributed by atoms with Crippen LogP contribution in [-0.4, -0.2) is 26.4 Å². The van der Waals surface area contributed by atoms with Crippen molar-refractivity contribution in [2.75, 3.05) is 16.4 Å². The van der Waals surface area contributed by atoms with Gasteiger partial charge < -0.3 is 15.4 Å². The first-order chi connectivity index (χ1) is 18.9. The van der Waals surface area contributed by atoms with E-state index >= 15 is 0 Å². The van der Waals surface area contributed by atoms with Crippen LogP contribution in [0.2, 0.25) is 0 Å². The van der Waals surface area contributed by atoms with Crippen molar-refractivity contribution in [3.05, 3.63) is 105 Å². The van der Waals surface area contributed by atoms with E-state index < -0.39 is 6.04 Å². The molecule has 1 aromatic heterocycles. The number of fused-ring (bicyclic) bond motifs is 1. The number of hydrogen-bond acceptors (Lipinski definition) is 6. The molecule has 1 aliphatic heterocycles. The summed E-state index contributed by atoms with van der Waals surface area (Å²) in [5.41, 5.74) is 4.88. The number of hydrogen-bond donors (Lipinski definition) is 2. The van der Waals surface area contributed by atoms with Gasteiger partial charge in [0.15, 0.2) is 0 Å². The van der Waals surface area contributed by atoms with E-state index in [-0.39, 0.29) is 5.91 Å². The van der Waals surface area contributed by atoms with Crippen molar-refractivity contribution in [1.82, 2.24) is 14.8 Å². The Labute approximate surface area is 241 Å². The minimum Gasteiger partial charge on any atom is -0.489 e. The molecule has 2 N–H and O–H groups in total. The number of nitrogens with zero attached hydrogens (tertiary/aromatic N) is 3. The first-order valence-corrected chi connectivity index (χ1v) is 14.6. The topological polar surface area (TPSA) is 81.1 Å². The van der Waals surface area contributed by atoms with Gasteiger partial charge in [0.05, 0.1) is 5.57 Å². The van der Waals surface area contributed by atoms with Crippen molar-refractivity contribution in [2.45, 2.75) is 45.0 Å². The minimum absolute atomic E-state index is 0.211. The predicted octanol–water partition coefficient (Wildman–Crippen LogP) is 7.36. The number of allylic oxidation sites excluding steroid dienone is 1. The number of carbonyl (C=O) groups excluding carboxylic acids is 1. The van der Waals surface area contributed by atoms with Gasteiger partial charge in [-0.1, -0.05) is 83.1 Å². The number of anilines is 2. The molecular formula is C30H30BrN5O2S. The van der Waals surface area contributed by atoms with Crippen LogP contribution in [0.1, 0.15) is 43.0 Å². The second-order valence-corrected chi connectivity index (χ2v) is 11.3. The summed E-state index contributed by atoms with van der Waals surface area (Å²) >= 11 is 5.24. The van der Waals surface area contributed by atoms with Crippen LogP contribution in [-0.2, 0) is 11.4 Å². The number of amides is 1. The number of carbonyl (C=O) groups is 1. The second-order valence-electron chi connectivity index (χ2n) is 9.30. The lowest BCUT2D eigenvalue weighted by Gasteiger charge is -2.30. The lowest BCUT2D eigenvalue weighted by atomic mass is 9.94. The molecule has 0 spiro atoms. The summed E-state index contributed by atoms with van der Waals surface area (Å²) in [6.45, 7) is 6.40. The average Bonchev–Trinajstić information content (AvgIpc) is 3.34. The molecule has 1 atom stereocenters. The minimum atomic E-state index is -0.558. The Morgan fingerprint density at radius 2 is 1.87 bits per heavy atom. The van der Waals surface area contributed by atoms with Crippen LogP contribution in [0.25, 0.3) is 0 Å². The molecule has 1 unspecified atom stereocenters. The fourth-order valence-corrected chi connectivity index (χ4v) is 5.53. The molecule has 0 fully saturated rings. The molecule has 0 saturated heterocycles. The Bertz CT molecular complexity index is 1520. The Morgan fingerprint density at radius 1 is 1.10 bits per heavy atom. The monoisotopic (exact) mass is 603 g/mol. The van der Waals surface area contributed by atoms with Crippen molar-refractivity contribution >= 4 is 45.2 Å². The molecule has 1 aliphatic rings. The van der Waals surface area contributed by atoms with Gasteiger partial charge >= 0.3 is 0 Å². The summed E-state index contributed by atoms with van der Waals surface area (Å²) in [4.78, 5) is 18.7. The van der Waals surface area contributed by atoms with Crippen LogP contribution in [0, 0.1) is 6.92 Å². The van der Waals surface area contributed by atoms with Gasteiger partial charge in [-0.3, -0.25) is 4.79 Å². The van der Waals surface area contributed by atoms with Gasteiger partial charge in [0.1, 0.15) is 18.4 Å². The van der Waals surface area contributed by atoms with Gasteiger partial charge in [-0.25, -0.2) is 4.68 Å². The first-order valence-electron chi connectivity index (χ1n) is 12.8. The van der Waals surface area contributed by atoms with Crippen LogP contribution in [0.4, 0.5) is 11.6 Å². The average molecular weight is 605 g/mol. The molecular weight excluding hydrogens is 574 g/mol. The maximum absolute atomic E-state index is 13.9. The molecule has 1 amide bonds. The van der Waals surface area contributed by atoms with Gasteiger partial charge in [0.25, 0.3) is 5.91 Å². The number of para-hydroxylation sites is 1. The third-order valence-corrected chi connectivity index (χ3v) is 7.95. The smallest absolute Gasteiger partial charge is 0.255 e. The molecule has 0 bridgehead atoms. The van der Waals surface area contributed by atoms with E-state index in [2.05, 4.69) is 33.5 Å². The van der Waals surface area contributed by atoms with Crippen LogP contribution < -0.4 is 15.4 Å². The summed E-state index contributed by atoms with van der Waals surface area (Å²) in [6, 6.07) is 23.1. The number of nitrogens with one attached hydrogen (secondary N) is 2. The van der Waals surface area contributed by atoms with Crippen molar-refractivity contribution in [2.24, 2.45) is 0 Å². The van der Waals surface area contributed by atoms with E-state index in [0.29, 0.717) is 34.7 Å². The molecule has 4 aromatic rings. The number of aromatic nitrogens is 3. The molecule has 3 aromatic carbocycles. The Morgan fingerprint density at radius 3 is 2.64 bits per heavy atom. The molecule has 5 rings (SSSR count). The normalized spacial score (nSPS) is 14.5. The standard InChI is InChI=1S/C30H30BrN5O2S/c1-4-16-39-30-34-29-32-20(3)26(28(37)33-24-13-9-8-10-19(24)2)27(36(29)35-30)23-17-22(31)14-15-25(23)38-18-21-11-6-5-7-12-21/h5-15,17,27H,4,16,18H2,1-3H3,(H,33,37)(H,32,34,35). The van der Waals surface area contributed by atoms with Crippen LogP contribution >= 0.6 is 27.7 Å². The molecule has 200 valence electrons. The zero-order valence-corrected chi connectivity index (χ0v) is 24.5. The highest BCUT2D eigenvalue weighted by molar-refractivity contribution is 9.10. The third kappa shape index (κ3) is 6.04. The summed E-state index contributed by atoms with van der Waals surface area (Å²) in [7, 11) is 0. The summed E-state index contributed by atoms with van der Waals surface area (Å²) in [5.74, 6) is 1.96. The SMILES string of the molecule is CCCSc1nc2n(n1)C(c1cc(Br)ccc1OCc1ccccc1)C(C(=O)Nc1ccccc1C)=C(C)N2. The zero-order chi connectivity index (χ0) is 27.4. The molecule has 39 heavy (non-hydrogen) atoms. The molecule has 2 heterocycles. The van der Waals surface area contributed by atoms with E-state index in [1.807, 2.05) is 86.6 Å². The highest BCUT2D eigenvalue weighted by Gasteiger charge is 2.36. The molecule has 0 aliphatic carbocycles. The number of thioether (sulfide) groups is 1. The van der Waals surface area contributed by atoms with E-state index in [1.165, 1.54) is 0 Å². The summed E-state index contributed by atoms with van der Waals surface area (Å²) in [5, 5.41) is 12.0. The number of benzene rings is 3. The highest BCUT2D eigenvalue weighted by Crippen LogP contribution is 2.41. The number of rotatable bonds is 9. The van der Waals surface area contributed by atoms with Gasteiger partial charge in [-0.15, -0.1) is 5.10 Å². The van der Waals surface area contributed by atoms with E-state index in [0.717, 1.165) is 39.0 Å². The summed E-state index contributed by atoms with van der Waals surface area (Å²) in [6.07, 6.45) is 1.01. The van der Waals surface area contributed by atoms with E-state index in [4.69, 9.17) is 14.8 Å². The fourth-order valence-electron chi connectivity index (χ4n) is 4.47. The van der Waals surface area contributed by atoms with Gasteiger partial charge in [0.2, 0.25) is 11.1 Å². The quantitative estimate of drug-likeness (QED) is 0.195. The van der Waals surface area contributed by atoms with Crippen LogP contribution in [0.5, 0.6) is 5.75 Å². The largest absolute Gasteiger partial charge is 0.489 e. The Kier molecular flexibility index (Phi) is 8.38. The lowest BCUT2D eigenvalue weighted by molar-refractivity contribution is -0.113. The van der Waals surface area contributed by atoms with Crippen molar-refractivity contribution in [1.29, 1.82) is 0 Å². The molecule has 9 heteroatoms. The van der Waals surface area contributed by atoms with Gasteiger partial charge in [-0.2, -0.15) is 4.98 Å². The lowest BCUT2D eigenvalue weighted by Crippen LogP contribution is -2.32. The highest BCUT2D eigenvalue weighted by atomic mass is 79.9. The fraction of sp³-hybridized carbons (Fsp3) is 0.233. The molecule has 7 nitrogen and oxygen atoms in total. The second kappa shape index (κ2) is 12.1. The van der Waals surface area contributed by atoms with E-state index in [1.54, 1.807) is 16.4 Å². The van der Waals surface area contributed by atoms with Gasteiger partial charge in [-0.05, 0) is 55.7 Å². The maximum atomic E-state index is 13.9. The van der Waals surface area contributed by atoms with Crippen molar-refractivity contribution in [3.8, 4) is 5.75 Å². The van der Waals surface area contributed by atoms with E-state index in [9.17, 15) is 4.79 Å². The third-order valence-electron chi connectivity index (χ3n) is 6.41. The number of ether oxygens (including phenoxy) is 1. The summed E-state index contributed by atoms with van der Waals surface area (Å²) < 4.78 is 9.03. The van der Waals surface area contributed by atoms with Crippen molar-refractivity contribution < 1.29 is 9.53 Å². The first kappa shape index (κ1) is 27.0. The van der Waals surface area contributed by atoms with Crippen LogP contribution in [0.3, 0.4) is 0 Å².